The van der Waals surface area contributed by atoms with Crippen molar-refractivity contribution in [1.29, 1.82) is 0 Å². The molecule has 1 atom stereocenters. The summed E-state index contributed by atoms with van der Waals surface area (Å²) in [6.45, 7) is 6.96. The molecule has 2 aliphatic rings. The highest BCUT2D eigenvalue weighted by Crippen LogP contribution is 2.32. The monoisotopic (exact) mass is 536 g/mol. The van der Waals surface area contributed by atoms with Crippen LogP contribution in [0.2, 0.25) is 0 Å². The number of hydrogen-bond donors (Lipinski definition) is 2. The van der Waals surface area contributed by atoms with E-state index in [9.17, 15) is 0 Å². The molecular weight excluding hydrogens is 496 g/mol. The van der Waals surface area contributed by atoms with E-state index in [1.165, 1.54) is 66.6 Å². The lowest BCUT2D eigenvalue weighted by molar-refractivity contribution is 0.180. The molecule has 2 heterocycles. The van der Waals surface area contributed by atoms with Crippen molar-refractivity contribution in [2.24, 2.45) is 0 Å². The number of nitrogens with zero attached hydrogens (tertiary/aromatic N) is 6. The van der Waals surface area contributed by atoms with Gasteiger partial charge in [-0.15, -0.1) is 15.3 Å². The number of rotatable bonds is 8. The van der Waals surface area contributed by atoms with Crippen molar-refractivity contribution in [2.45, 2.75) is 77.7 Å². The highest BCUT2D eigenvalue weighted by molar-refractivity contribution is 5.68. The van der Waals surface area contributed by atoms with E-state index in [4.69, 9.17) is 5.73 Å². The number of anilines is 3. The molecule has 0 unspecified atom stereocenters. The third-order valence-electron chi connectivity index (χ3n) is 8.37. The molecule has 0 radical (unpaired) electrons. The minimum Gasteiger partial charge on any atom is -0.368 e. The molecule has 0 saturated carbocycles. The van der Waals surface area contributed by atoms with Crippen LogP contribution in [0.4, 0.5) is 17.6 Å². The van der Waals surface area contributed by atoms with Gasteiger partial charge in [0.25, 0.3) is 0 Å². The van der Waals surface area contributed by atoms with E-state index >= 15 is 0 Å². The third kappa shape index (κ3) is 5.45. The van der Waals surface area contributed by atoms with Crippen molar-refractivity contribution in [3.8, 4) is 17.1 Å². The Bertz CT molecular complexity index is 1470. The molecule has 6 rings (SSSR count). The molecule has 0 saturated heterocycles. The van der Waals surface area contributed by atoms with Crippen molar-refractivity contribution in [3.63, 3.8) is 0 Å². The first-order valence-electron chi connectivity index (χ1n) is 14.9. The Morgan fingerprint density at radius 2 is 1.65 bits per heavy atom. The van der Waals surface area contributed by atoms with Gasteiger partial charge in [0.05, 0.1) is 5.69 Å². The van der Waals surface area contributed by atoms with Gasteiger partial charge in [-0.2, -0.15) is 9.67 Å². The highest BCUT2D eigenvalue weighted by atomic mass is 15.4. The fourth-order valence-electron chi connectivity index (χ4n) is 6.44. The summed E-state index contributed by atoms with van der Waals surface area (Å²) in [7, 11) is 0. The first kappa shape index (κ1) is 26.4. The van der Waals surface area contributed by atoms with Crippen molar-refractivity contribution >= 4 is 17.6 Å². The van der Waals surface area contributed by atoms with E-state index < -0.39 is 0 Å². The molecule has 4 aromatic rings. The normalized spacial score (nSPS) is 16.5. The summed E-state index contributed by atoms with van der Waals surface area (Å²) in [5, 5.41) is 17.2. The third-order valence-corrected chi connectivity index (χ3v) is 8.37. The minimum atomic E-state index is 0.287. The van der Waals surface area contributed by atoms with Gasteiger partial charge in [0.15, 0.2) is 5.82 Å². The van der Waals surface area contributed by atoms with Crippen LogP contribution in [-0.2, 0) is 25.7 Å². The molecule has 3 N–H and O–H groups in total. The molecule has 8 heteroatoms. The summed E-state index contributed by atoms with van der Waals surface area (Å²) < 4.78 is 1.58. The predicted octanol–water partition coefficient (Wildman–Crippen LogP) is 5.91. The van der Waals surface area contributed by atoms with Gasteiger partial charge in [-0.1, -0.05) is 44.2 Å². The topological polar surface area (TPSA) is 97.8 Å². The minimum absolute atomic E-state index is 0.287. The zero-order valence-corrected chi connectivity index (χ0v) is 23.7. The van der Waals surface area contributed by atoms with Gasteiger partial charge in [-0.3, -0.25) is 0 Å². The lowest BCUT2D eigenvalue weighted by atomic mass is 10.0. The van der Waals surface area contributed by atoms with Gasteiger partial charge in [-0.05, 0) is 111 Å². The summed E-state index contributed by atoms with van der Waals surface area (Å²) in [6, 6.07) is 17.8. The van der Waals surface area contributed by atoms with Crippen LogP contribution in [0.3, 0.4) is 0 Å². The fourth-order valence-corrected chi connectivity index (χ4v) is 6.44. The molecule has 2 aliphatic carbocycles. The summed E-state index contributed by atoms with van der Waals surface area (Å²) in [4.78, 5) is 7.20. The SMILES string of the molecule is CCCN(CCC)[C@@H]1CCc2ccc(Nc3nc(N)n(-c4cc5c(nn4)-c4ccccc4CCC5)n3)cc2CC1. The Hall–Kier alpha value is -3.78. The number of benzene rings is 2. The molecule has 2 aromatic heterocycles. The number of aromatic nitrogens is 5. The molecule has 0 amide bonds. The van der Waals surface area contributed by atoms with E-state index in [0.29, 0.717) is 17.8 Å². The molecule has 2 aromatic carbocycles. The highest BCUT2D eigenvalue weighted by Gasteiger charge is 2.22. The zero-order valence-electron chi connectivity index (χ0n) is 23.7. The lowest BCUT2D eigenvalue weighted by Gasteiger charge is -2.30. The van der Waals surface area contributed by atoms with Gasteiger partial charge in [0.2, 0.25) is 11.9 Å². The van der Waals surface area contributed by atoms with Crippen molar-refractivity contribution in [2.75, 3.05) is 24.1 Å². The van der Waals surface area contributed by atoms with E-state index in [1.54, 1.807) is 4.68 Å². The standard InChI is InChI=1S/C32H40N8/c1-3-18-39(19-4-2)27-16-13-22-12-15-26(20-24(22)14-17-27)34-32-35-31(33)40(38-32)29-21-25-10-7-9-23-8-5-6-11-28(23)30(25)37-36-29/h5-6,8,11-12,15,20-21,27H,3-4,7,9-10,13-14,16-19H2,1-2H3,(H3,33,34,35,38)/t27-/m1/s1. The molecule has 0 aliphatic heterocycles. The molecule has 40 heavy (non-hydrogen) atoms. The van der Waals surface area contributed by atoms with Crippen molar-refractivity contribution in [3.05, 3.63) is 70.8 Å². The number of aryl methyl sites for hydroxylation is 4. The molecule has 208 valence electrons. The number of nitrogen functional groups attached to an aromatic ring is 1. The van der Waals surface area contributed by atoms with Gasteiger partial charge in [-0.25, -0.2) is 0 Å². The average molecular weight is 537 g/mol. The number of hydrogen-bond acceptors (Lipinski definition) is 7. The first-order chi connectivity index (χ1) is 19.6. The second-order valence-electron chi connectivity index (χ2n) is 11.2. The van der Waals surface area contributed by atoms with E-state index in [0.717, 1.165) is 43.5 Å². The second-order valence-corrected chi connectivity index (χ2v) is 11.2. The smallest absolute Gasteiger partial charge is 0.248 e. The largest absolute Gasteiger partial charge is 0.368 e. The Kier molecular flexibility index (Phi) is 7.77. The zero-order chi connectivity index (χ0) is 27.5. The van der Waals surface area contributed by atoms with E-state index in [1.807, 2.05) is 0 Å². The van der Waals surface area contributed by atoms with Gasteiger partial charge in [0, 0.05) is 17.3 Å². The Labute approximate surface area is 237 Å². The van der Waals surface area contributed by atoms with E-state index in [2.05, 4.69) is 92.9 Å². The summed E-state index contributed by atoms with van der Waals surface area (Å²) in [5.41, 5.74) is 14.8. The van der Waals surface area contributed by atoms with Gasteiger partial charge in [0.1, 0.15) is 0 Å². The Balaban J connectivity index is 1.19. The van der Waals surface area contributed by atoms with Crippen LogP contribution in [0.15, 0.2) is 48.5 Å². The summed E-state index contributed by atoms with van der Waals surface area (Å²) >= 11 is 0. The average Bonchev–Trinajstić information content (AvgIpc) is 3.11. The Morgan fingerprint density at radius 3 is 2.48 bits per heavy atom. The molecular formula is C32H40N8. The first-order valence-corrected chi connectivity index (χ1v) is 14.9. The maximum atomic E-state index is 6.31. The van der Waals surface area contributed by atoms with Crippen molar-refractivity contribution in [1.82, 2.24) is 29.9 Å². The summed E-state index contributed by atoms with van der Waals surface area (Å²) in [5.74, 6) is 1.34. The summed E-state index contributed by atoms with van der Waals surface area (Å²) in [6.07, 6.45) is 10.1. The Morgan fingerprint density at radius 1 is 0.875 bits per heavy atom. The molecule has 0 fully saturated rings. The predicted molar refractivity (Wildman–Crippen MR) is 161 cm³/mol. The maximum absolute atomic E-state index is 6.31. The maximum Gasteiger partial charge on any atom is 0.248 e. The van der Waals surface area contributed by atoms with Gasteiger partial charge < -0.3 is 16.0 Å². The molecule has 0 spiro atoms. The number of nitrogens with two attached hydrogens (primary N) is 1. The lowest BCUT2D eigenvalue weighted by Crippen LogP contribution is -2.36. The van der Waals surface area contributed by atoms with E-state index in [-0.39, 0.29) is 5.95 Å². The van der Waals surface area contributed by atoms with Crippen LogP contribution in [0.5, 0.6) is 0 Å². The van der Waals surface area contributed by atoms with Crippen LogP contribution in [-0.4, -0.2) is 49.0 Å². The van der Waals surface area contributed by atoms with Gasteiger partial charge >= 0.3 is 0 Å². The number of fused-ring (bicyclic) bond motifs is 4. The van der Waals surface area contributed by atoms with Crippen LogP contribution >= 0.6 is 0 Å². The molecule has 8 nitrogen and oxygen atoms in total. The second kappa shape index (κ2) is 11.8. The van der Waals surface area contributed by atoms with Crippen LogP contribution in [0, 0.1) is 0 Å². The number of nitrogens with one attached hydrogen (secondary N) is 1. The molecule has 0 bridgehead atoms. The quantitative estimate of drug-likeness (QED) is 0.270. The fraction of sp³-hybridized carbons (Fsp3) is 0.438. The van der Waals surface area contributed by atoms with Crippen molar-refractivity contribution < 1.29 is 0 Å². The van der Waals surface area contributed by atoms with Crippen LogP contribution in [0.1, 0.15) is 68.2 Å². The van der Waals surface area contributed by atoms with Crippen LogP contribution < -0.4 is 11.1 Å². The van der Waals surface area contributed by atoms with Crippen LogP contribution in [0.25, 0.3) is 17.1 Å².